The molecule has 0 unspecified atom stereocenters. The van der Waals surface area contributed by atoms with Crippen LogP contribution in [0, 0.1) is 21.8 Å². The molecule has 0 saturated carbocycles. The molecule has 0 aliphatic heterocycles. The number of methoxy groups -OCH3 is 1. The quantitative estimate of drug-likeness (QED) is 0.226. The SMILES string of the molecule is COc1cc(C=C(C#N)c2nc3ccc(C)cc3[nH]2)cc(I)c1OCC(=O)Nc1ccccc1. The number of aromatic amines is 1. The van der Waals surface area contributed by atoms with Crippen LogP contribution in [-0.4, -0.2) is 29.6 Å². The predicted octanol–water partition coefficient (Wildman–Crippen LogP) is 5.57. The summed E-state index contributed by atoms with van der Waals surface area (Å²) >= 11 is 2.12. The number of para-hydroxylation sites is 1. The van der Waals surface area contributed by atoms with Crippen molar-refractivity contribution in [3.63, 3.8) is 0 Å². The van der Waals surface area contributed by atoms with Crippen molar-refractivity contribution in [1.82, 2.24) is 9.97 Å². The minimum absolute atomic E-state index is 0.168. The molecule has 7 nitrogen and oxygen atoms in total. The minimum atomic E-state index is -0.278. The molecular weight excluding hydrogens is 543 g/mol. The zero-order valence-corrected chi connectivity index (χ0v) is 20.7. The third-order valence-electron chi connectivity index (χ3n) is 4.98. The van der Waals surface area contributed by atoms with Gasteiger partial charge in [0, 0.05) is 5.69 Å². The lowest BCUT2D eigenvalue weighted by Crippen LogP contribution is -2.20. The molecule has 2 N–H and O–H groups in total. The first-order valence-corrected chi connectivity index (χ1v) is 11.5. The summed E-state index contributed by atoms with van der Waals surface area (Å²) in [5, 5.41) is 12.5. The highest BCUT2D eigenvalue weighted by molar-refractivity contribution is 14.1. The molecule has 1 amide bonds. The first-order chi connectivity index (χ1) is 16.5. The van der Waals surface area contributed by atoms with Crippen LogP contribution in [0.1, 0.15) is 17.0 Å². The van der Waals surface area contributed by atoms with Crippen LogP contribution in [0.25, 0.3) is 22.7 Å². The number of aromatic nitrogens is 2. The number of aryl methyl sites for hydroxylation is 1. The van der Waals surface area contributed by atoms with Gasteiger partial charge in [0.05, 0.1) is 27.3 Å². The number of benzene rings is 3. The number of hydrogen-bond acceptors (Lipinski definition) is 5. The van der Waals surface area contributed by atoms with Crippen molar-refractivity contribution in [2.75, 3.05) is 19.0 Å². The van der Waals surface area contributed by atoms with Gasteiger partial charge in [-0.15, -0.1) is 0 Å². The number of allylic oxidation sites excluding steroid dienone is 1. The molecule has 0 radical (unpaired) electrons. The zero-order chi connectivity index (χ0) is 24.1. The van der Waals surface area contributed by atoms with E-state index in [-0.39, 0.29) is 12.5 Å². The van der Waals surface area contributed by atoms with Crippen molar-refractivity contribution in [2.24, 2.45) is 0 Å². The summed E-state index contributed by atoms with van der Waals surface area (Å²) in [5.74, 6) is 1.14. The molecule has 170 valence electrons. The van der Waals surface area contributed by atoms with E-state index in [0.717, 1.165) is 25.7 Å². The van der Waals surface area contributed by atoms with Crippen LogP contribution >= 0.6 is 22.6 Å². The van der Waals surface area contributed by atoms with E-state index < -0.39 is 0 Å². The summed E-state index contributed by atoms with van der Waals surface area (Å²) < 4.78 is 12.0. The van der Waals surface area contributed by atoms with Gasteiger partial charge in [0.2, 0.25) is 0 Å². The topological polar surface area (TPSA) is 100 Å². The standard InChI is InChI=1S/C26H21IN4O3/c1-16-8-9-21-22(10-16)31-26(30-21)18(14-28)11-17-12-20(27)25(23(13-17)33-2)34-15-24(32)29-19-6-4-3-5-7-19/h3-13H,15H2,1-2H3,(H,29,32)(H,30,31). The number of hydrogen-bond donors (Lipinski definition) is 2. The van der Waals surface area contributed by atoms with Crippen molar-refractivity contribution in [2.45, 2.75) is 6.92 Å². The fraction of sp³-hybridized carbons (Fsp3) is 0.115. The largest absolute Gasteiger partial charge is 0.493 e. The van der Waals surface area contributed by atoms with Gasteiger partial charge in [0.15, 0.2) is 18.1 Å². The molecule has 0 aliphatic carbocycles. The van der Waals surface area contributed by atoms with Crippen molar-refractivity contribution >= 4 is 56.9 Å². The number of nitriles is 1. The Morgan fingerprint density at radius 1 is 1.21 bits per heavy atom. The Morgan fingerprint density at radius 2 is 2.00 bits per heavy atom. The summed E-state index contributed by atoms with van der Waals surface area (Å²) in [6.45, 7) is 1.84. The molecular formula is C26H21IN4O3. The Balaban J connectivity index is 1.55. The van der Waals surface area contributed by atoms with Crippen LogP contribution in [0.5, 0.6) is 11.5 Å². The molecule has 4 rings (SSSR count). The van der Waals surface area contributed by atoms with Crippen LogP contribution in [0.2, 0.25) is 0 Å². The van der Waals surface area contributed by atoms with Crippen molar-refractivity contribution in [3.8, 4) is 17.6 Å². The van der Waals surface area contributed by atoms with Gasteiger partial charge >= 0.3 is 0 Å². The van der Waals surface area contributed by atoms with Crippen LogP contribution in [0.3, 0.4) is 0 Å². The second-order valence-electron chi connectivity index (χ2n) is 7.51. The molecule has 8 heteroatoms. The lowest BCUT2D eigenvalue weighted by Gasteiger charge is -2.14. The normalized spacial score (nSPS) is 11.2. The van der Waals surface area contributed by atoms with Gasteiger partial charge in [0.25, 0.3) is 5.91 Å². The Hall–Kier alpha value is -3.84. The smallest absolute Gasteiger partial charge is 0.262 e. The molecule has 0 spiro atoms. The maximum atomic E-state index is 12.3. The fourth-order valence-corrected chi connectivity index (χ4v) is 4.17. The van der Waals surface area contributed by atoms with Crippen LogP contribution in [0.15, 0.2) is 60.7 Å². The zero-order valence-electron chi connectivity index (χ0n) is 18.6. The fourth-order valence-electron chi connectivity index (χ4n) is 3.39. The molecule has 1 aromatic heterocycles. The maximum absolute atomic E-state index is 12.3. The van der Waals surface area contributed by atoms with E-state index >= 15 is 0 Å². The lowest BCUT2D eigenvalue weighted by molar-refractivity contribution is -0.118. The van der Waals surface area contributed by atoms with E-state index in [9.17, 15) is 10.1 Å². The van der Waals surface area contributed by atoms with Gasteiger partial charge in [-0.05, 0) is 83.1 Å². The van der Waals surface area contributed by atoms with Crippen molar-refractivity contribution in [1.29, 1.82) is 5.26 Å². The first-order valence-electron chi connectivity index (χ1n) is 10.4. The number of nitrogens with one attached hydrogen (secondary N) is 2. The average Bonchev–Trinajstić information content (AvgIpc) is 3.25. The van der Waals surface area contributed by atoms with Gasteiger partial charge in [0.1, 0.15) is 11.9 Å². The minimum Gasteiger partial charge on any atom is -0.493 e. The van der Waals surface area contributed by atoms with Gasteiger partial charge in [-0.1, -0.05) is 24.3 Å². The van der Waals surface area contributed by atoms with Gasteiger partial charge < -0.3 is 19.8 Å². The van der Waals surface area contributed by atoms with Crippen molar-refractivity contribution < 1.29 is 14.3 Å². The Bertz CT molecular complexity index is 1420. The molecule has 0 saturated heterocycles. The number of anilines is 1. The second-order valence-corrected chi connectivity index (χ2v) is 8.68. The molecule has 0 atom stereocenters. The van der Waals surface area contributed by atoms with E-state index in [1.54, 1.807) is 24.3 Å². The second kappa shape index (κ2) is 10.4. The van der Waals surface area contributed by atoms with E-state index in [2.05, 4.69) is 43.9 Å². The molecule has 4 aromatic rings. The van der Waals surface area contributed by atoms with E-state index in [4.69, 9.17) is 9.47 Å². The summed E-state index contributed by atoms with van der Waals surface area (Å²) in [5.41, 5.74) is 4.62. The van der Waals surface area contributed by atoms with Crippen molar-refractivity contribution in [3.05, 3.63) is 81.2 Å². The third kappa shape index (κ3) is 5.38. The number of carbonyl (C=O) groups is 1. The third-order valence-corrected chi connectivity index (χ3v) is 5.78. The molecule has 1 heterocycles. The molecule has 0 fully saturated rings. The summed E-state index contributed by atoms with van der Waals surface area (Å²) in [7, 11) is 1.53. The molecule has 3 aromatic carbocycles. The monoisotopic (exact) mass is 564 g/mol. The molecule has 0 bridgehead atoms. The number of halogens is 1. The number of imidazole rings is 1. The maximum Gasteiger partial charge on any atom is 0.262 e. The Labute approximate surface area is 210 Å². The van der Waals surface area contributed by atoms with Crippen LogP contribution in [-0.2, 0) is 4.79 Å². The highest BCUT2D eigenvalue weighted by Gasteiger charge is 2.15. The van der Waals surface area contributed by atoms with E-state index in [0.29, 0.717) is 28.6 Å². The number of nitrogens with zero attached hydrogens (tertiary/aromatic N) is 2. The summed E-state index contributed by atoms with van der Waals surface area (Å²) in [6, 6.07) is 20.9. The summed E-state index contributed by atoms with van der Waals surface area (Å²) in [4.78, 5) is 20.0. The van der Waals surface area contributed by atoms with E-state index in [1.165, 1.54) is 7.11 Å². The summed E-state index contributed by atoms with van der Waals surface area (Å²) in [6.07, 6.45) is 1.74. The van der Waals surface area contributed by atoms with Gasteiger partial charge in [-0.3, -0.25) is 4.79 Å². The van der Waals surface area contributed by atoms with Gasteiger partial charge in [-0.2, -0.15) is 5.26 Å². The van der Waals surface area contributed by atoms with Gasteiger partial charge in [-0.25, -0.2) is 4.98 Å². The first kappa shape index (κ1) is 23.3. The Kier molecular flexibility index (Phi) is 7.13. The highest BCUT2D eigenvalue weighted by atomic mass is 127. The average molecular weight is 564 g/mol. The van der Waals surface area contributed by atoms with E-state index in [1.807, 2.05) is 49.4 Å². The van der Waals surface area contributed by atoms with Crippen LogP contribution < -0.4 is 14.8 Å². The number of H-pyrrole nitrogens is 1. The number of amides is 1. The number of fused-ring (bicyclic) bond motifs is 1. The predicted molar refractivity (Wildman–Crippen MR) is 141 cm³/mol. The van der Waals surface area contributed by atoms with Crippen LogP contribution in [0.4, 0.5) is 5.69 Å². The molecule has 0 aliphatic rings. The lowest BCUT2D eigenvalue weighted by atomic mass is 10.1. The number of ether oxygens (including phenoxy) is 2. The number of rotatable bonds is 7. The Morgan fingerprint density at radius 3 is 2.74 bits per heavy atom. The molecule has 34 heavy (non-hydrogen) atoms. The number of carbonyl (C=O) groups excluding carboxylic acids is 1. The highest BCUT2D eigenvalue weighted by Crippen LogP contribution is 2.35.